The summed E-state index contributed by atoms with van der Waals surface area (Å²) in [5, 5.41) is 0. The molecule has 0 heteroatoms. The zero-order valence-electron chi connectivity index (χ0n) is 11.6. The van der Waals surface area contributed by atoms with Crippen LogP contribution in [0.5, 0.6) is 0 Å². The van der Waals surface area contributed by atoms with E-state index in [4.69, 9.17) is 0 Å². The summed E-state index contributed by atoms with van der Waals surface area (Å²) >= 11 is 0. The Labute approximate surface area is 90.8 Å². The Bertz CT molecular complexity index is 215. The van der Waals surface area contributed by atoms with E-state index in [-0.39, 0.29) is 5.41 Å². The van der Waals surface area contributed by atoms with Gasteiger partial charge in [-0.15, -0.1) is 0 Å². The highest BCUT2D eigenvalue weighted by Gasteiger charge is 2.31. The average Bonchev–Trinajstić information content (AvgIpc) is 1.80. The molecule has 0 saturated carbocycles. The Hall–Kier alpha value is -0.260. The van der Waals surface area contributed by atoms with Crippen LogP contribution in [0.1, 0.15) is 62.3 Å². The molecule has 0 nitrogen and oxygen atoms in total. The molecule has 14 heavy (non-hydrogen) atoms. The summed E-state index contributed by atoms with van der Waals surface area (Å²) in [4.78, 5) is 0. The summed E-state index contributed by atoms with van der Waals surface area (Å²) in [5.41, 5.74) is 2.35. The zero-order valence-corrected chi connectivity index (χ0v) is 11.6. The summed E-state index contributed by atoms with van der Waals surface area (Å²) in [7, 11) is 0. The summed E-state index contributed by atoms with van der Waals surface area (Å²) < 4.78 is 0. The molecular weight excluding hydrogens is 168 g/mol. The Balaban J connectivity index is 5.00. The molecule has 0 spiro atoms. The van der Waals surface area contributed by atoms with E-state index < -0.39 is 0 Å². The van der Waals surface area contributed by atoms with Crippen LogP contribution in [-0.4, -0.2) is 0 Å². The van der Waals surface area contributed by atoms with Crippen molar-refractivity contribution in [2.75, 3.05) is 0 Å². The monoisotopic (exact) mass is 196 g/mol. The smallest absolute Gasteiger partial charge is 0.0124 e. The molecule has 0 N–H and O–H groups in total. The number of hydrogen-bond donors (Lipinski definition) is 0. The summed E-state index contributed by atoms with van der Waals surface area (Å²) in [6, 6.07) is 0. The molecule has 0 aliphatic heterocycles. The predicted octanol–water partition coefficient (Wildman–Crippen LogP) is 5.05. The van der Waals surface area contributed by atoms with Gasteiger partial charge in [-0.05, 0) is 23.2 Å². The van der Waals surface area contributed by atoms with Crippen LogP contribution in [0, 0.1) is 16.2 Å². The first-order chi connectivity index (χ1) is 5.88. The Morgan fingerprint density at radius 2 is 1.14 bits per heavy atom. The van der Waals surface area contributed by atoms with Crippen molar-refractivity contribution in [1.82, 2.24) is 0 Å². The molecular formula is C14H28. The Morgan fingerprint density at radius 1 is 0.786 bits per heavy atom. The number of hydrogen-bond acceptors (Lipinski definition) is 0. The van der Waals surface area contributed by atoms with Gasteiger partial charge in [0.05, 0.1) is 0 Å². The van der Waals surface area contributed by atoms with Crippen LogP contribution in [0.2, 0.25) is 0 Å². The third-order valence-electron chi connectivity index (χ3n) is 3.69. The fourth-order valence-electron chi connectivity index (χ4n) is 0.974. The van der Waals surface area contributed by atoms with Crippen molar-refractivity contribution in [2.24, 2.45) is 16.2 Å². The van der Waals surface area contributed by atoms with E-state index >= 15 is 0 Å². The highest BCUT2D eigenvalue weighted by molar-refractivity contribution is 5.14. The van der Waals surface area contributed by atoms with Crippen LogP contribution in [0.3, 0.4) is 0 Å². The molecule has 84 valence electrons. The lowest BCUT2D eigenvalue weighted by atomic mass is 9.67. The van der Waals surface area contributed by atoms with E-state index in [1.54, 1.807) is 0 Å². The Kier molecular flexibility index (Phi) is 3.65. The van der Waals surface area contributed by atoms with Crippen LogP contribution < -0.4 is 0 Å². The minimum Gasteiger partial charge on any atom is -0.0789 e. The van der Waals surface area contributed by atoms with Gasteiger partial charge in [0.25, 0.3) is 0 Å². The lowest BCUT2D eigenvalue weighted by Crippen LogP contribution is -2.28. The predicted molar refractivity (Wildman–Crippen MR) is 66.4 cm³/mol. The molecule has 0 rings (SSSR count). The van der Waals surface area contributed by atoms with Gasteiger partial charge in [0.15, 0.2) is 0 Å². The third-order valence-corrected chi connectivity index (χ3v) is 3.69. The van der Waals surface area contributed by atoms with Crippen LogP contribution in [0.25, 0.3) is 0 Å². The van der Waals surface area contributed by atoms with E-state index in [9.17, 15) is 0 Å². The normalized spacial score (nSPS) is 15.9. The van der Waals surface area contributed by atoms with Gasteiger partial charge < -0.3 is 0 Å². The topological polar surface area (TPSA) is 0 Å². The summed E-state index contributed by atoms with van der Waals surface area (Å²) in [5.74, 6) is 0. The van der Waals surface area contributed by atoms with Gasteiger partial charge in [-0.1, -0.05) is 67.0 Å². The molecule has 0 atom stereocenters. The zero-order chi connectivity index (χ0) is 11.8. The second-order valence-electron chi connectivity index (χ2n) is 7.05. The highest BCUT2D eigenvalue weighted by Crippen LogP contribution is 2.41. The molecule has 0 unspecified atom stereocenters. The molecule has 0 heterocycles. The summed E-state index contributed by atoms with van der Waals surface area (Å²) in [6.07, 6.45) is 2.44. The van der Waals surface area contributed by atoms with Crippen molar-refractivity contribution in [3.05, 3.63) is 11.6 Å². The van der Waals surface area contributed by atoms with Gasteiger partial charge in [0.2, 0.25) is 0 Å². The fourth-order valence-corrected chi connectivity index (χ4v) is 0.974. The van der Waals surface area contributed by atoms with Gasteiger partial charge in [0.1, 0.15) is 0 Å². The van der Waals surface area contributed by atoms with Crippen LogP contribution in [0.15, 0.2) is 11.6 Å². The van der Waals surface area contributed by atoms with E-state index in [0.717, 1.165) is 0 Å². The highest BCUT2D eigenvalue weighted by atomic mass is 14.4. The second kappa shape index (κ2) is 3.72. The first-order valence-electron chi connectivity index (χ1n) is 5.58. The minimum atomic E-state index is 0.254. The van der Waals surface area contributed by atoms with E-state index in [2.05, 4.69) is 68.4 Å². The maximum atomic E-state index is 2.44. The van der Waals surface area contributed by atoms with Crippen molar-refractivity contribution in [3.63, 3.8) is 0 Å². The molecule has 0 aromatic heterocycles. The standard InChI is InChI=1S/C14H28/c1-11(12(2,3)4)10-14(8,9)13(5,6)7/h10H,1-9H3. The molecule has 0 fully saturated rings. The van der Waals surface area contributed by atoms with Gasteiger partial charge >= 0.3 is 0 Å². The quantitative estimate of drug-likeness (QED) is 0.515. The SMILES string of the molecule is CC(=CC(C)(C)C(C)(C)C)C(C)(C)C. The molecule has 0 bridgehead atoms. The van der Waals surface area contributed by atoms with E-state index in [1.807, 2.05) is 0 Å². The first-order valence-corrected chi connectivity index (χ1v) is 5.58. The number of rotatable bonds is 1. The molecule has 0 aromatic rings. The molecule has 0 aliphatic rings. The van der Waals surface area contributed by atoms with Crippen molar-refractivity contribution in [3.8, 4) is 0 Å². The van der Waals surface area contributed by atoms with Crippen molar-refractivity contribution < 1.29 is 0 Å². The first kappa shape index (κ1) is 13.7. The summed E-state index contributed by atoms with van der Waals surface area (Å²) in [6.45, 7) is 20.6. The molecule has 0 amide bonds. The lowest BCUT2D eigenvalue weighted by molar-refractivity contribution is 0.189. The van der Waals surface area contributed by atoms with E-state index in [1.165, 1.54) is 5.57 Å². The van der Waals surface area contributed by atoms with E-state index in [0.29, 0.717) is 10.8 Å². The van der Waals surface area contributed by atoms with Crippen LogP contribution in [-0.2, 0) is 0 Å². The molecule has 0 aromatic carbocycles. The third kappa shape index (κ3) is 3.48. The van der Waals surface area contributed by atoms with Crippen molar-refractivity contribution >= 4 is 0 Å². The van der Waals surface area contributed by atoms with Gasteiger partial charge in [0, 0.05) is 0 Å². The van der Waals surface area contributed by atoms with Crippen LogP contribution >= 0.6 is 0 Å². The molecule has 0 aliphatic carbocycles. The largest absolute Gasteiger partial charge is 0.0789 e. The maximum absolute atomic E-state index is 2.44. The van der Waals surface area contributed by atoms with Crippen molar-refractivity contribution in [2.45, 2.75) is 62.3 Å². The number of allylic oxidation sites excluding steroid dienone is 2. The second-order valence-corrected chi connectivity index (χ2v) is 7.05. The fraction of sp³-hybridized carbons (Fsp3) is 0.857. The van der Waals surface area contributed by atoms with Gasteiger partial charge in [-0.2, -0.15) is 0 Å². The average molecular weight is 196 g/mol. The van der Waals surface area contributed by atoms with Gasteiger partial charge in [-0.25, -0.2) is 0 Å². The Morgan fingerprint density at radius 3 is 1.36 bits per heavy atom. The molecule has 0 saturated heterocycles. The van der Waals surface area contributed by atoms with Gasteiger partial charge in [-0.3, -0.25) is 0 Å². The van der Waals surface area contributed by atoms with Crippen LogP contribution in [0.4, 0.5) is 0 Å². The maximum Gasteiger partial charge on any atom is -0.0124 e. The lowest BCUT2D eigenvalue weighted by Gasteiger charge is -2.38. The molecule has 0 radical (unpaired) electrons. The minimum absolute atomic E-state index is 0.254. The van der Waals surface area contributed by atoms with Crippen molar-refractivity contribution in [1.29, 1.82) is 0 Å².